The van der Waals surface area contributed by atoms with E-state index in [1.165, 1.54) is 36.5 Å². The lowest BCUT2D eigenvalue weighted by Crippen LogP contribution is -2.44. The van der Waals surface area contributed by atoms with Gasteiger partial charge in [-0.1, -0.05) is 19.3 Å². The number of carbonyl (C=O) groups is 2. The molecule has 0 N–H and O–H groups in total. The molecule has 0 aliphatic heterocycles. The van der Waals surface area contributed by atoms with Crippen LogP contribution in [0.25, 0.3) is 0 Å². The van der Waals surface area contributed by atoms with Crippen LogP contribution in [0.3, 0.4) is 0 Å². The molecule has 1 heterocycles. The number of amides is 2. The van der Waals surface area contributed by atoms with Gasteiger partial charge in [-0.05, 0) is 30.5 Å². The van der Waals surface area contributed by atoms with Gasteiger partial charge in [0.2, 0.25) is 11.1 Å². The van der Waals surface area contributed by atoms with Gasteiger partial charge in [0.15, 0.2) is 0 Å². The van der Waals surface area contributed by atoms with Crippen molar-refractivity contribution in [3.63, 3.8) is 0 Å². The van der Waals surface area contributed by atoms with Gasteiger partial charge in [0.25, 0.3) is 5.91 Å². The number of halogens is 1. The fourth-order valence-corrected chi connectivity index (χ4v) is 2.91. The number of furan rings is 1. The maximum absolute atomic E-state index is 12.3. The molecule has 1 aliphatic carbocycles. The van der Waals surface area contributed by atoms with E-state index in [-0.39, 0.29) is 29.1 Å². The van der Waals surface area contributed by atoms with Gasteiger partial charge in [-0.25, -0.2) is 0 Å². The molecule has 0 saturated heterocycles. The van der Waals surface area contributed by atoms with E-state index in [1.807, 2.05) is 7.05 Å². The molecule has 0 bridgehead atoms. The summed E-state index contributed by atoms with van der Waals surface area (Å²) in [6.07, 6.45) is 7.04. The zero-order chi connectivity index (χ0) is 15.4. The summed E-state index contributed by atoms with van der Waals surface area (Å²) in [7, 11) is 3.42. The normalized spacial score (nSPS) is 15.8. The third-order valence-corrected chi connectivity index (χ3v) is 4.38. The Bertz CT molecular complexity index is 509. The molecular weight excluding hydrogens is 292 g/mol. The maximum Gasteiger partial charge on any atom is 0.258 e. The number of carbonyl (C=O) groups excluding carboxylic acids is 2. The van der Waals surface area contributed by atoms with Crippen molar-refractivity contribution < 1.29 is 14.0 Å². The van der Waals surface area contributed by atoms with Gasteiger partial charge in [0.1, 0.15) is 0 Å². The number of hydrogen-bond donors (Lipinski definition) is 0. The Balaban J connectivity index is 1.92. The molecule has 116 valence electrons. The van der Waals surface area contributed by atoms with E-state index < -0.39 is 0 Å². The lowest BCUT2D eigenvalue weighted by Gasteiger charge is -2.32. The summed E-state index contributed by atoms with van der Waals surface area (Å²) in [5, 5.41) is 0.0555. The van der Waals surface area contributed by atoms with Crippen LogP contribution in [0.15, 0.2) is 16.7 Å². The van der Waals surface area contributed by atoms with Crippen molar-refractivity contribution in [2.24, 2.45) is 0 Å². The molecule has 6 heteroatoms. The molecule has 1 aliphatic rings. The van der Waals surface area contributed by atoms with Crippen LogP contribution in [0.2, 0.25) is 5.22 Å². The maximum atomic E-state index is 12.3. The molecule has 1 aromatic rings. The SMILES string of the molecule is CN(CC(=O)N(C)C1CCCCC1)C(=O)c1ccoc1Cl. The first-order chi connectivity index (χ1) is 10.0. The molecule has 2 rings (SSSR count). The summed E-state index contributed by atoms with van der Waals surface area (Å²) in [4.78, 5) is 27.6. The molecule has 0 atom stereocenters. The zero-order valence-electron chi connectivity index (χ0n) is 12.5. The summed E-state index contributed by atoms with van der Waals surface area (Å²) in [6, 6.07) is 1.81. The Kier molecular flexibility index (Phi) is 5.28. The Labute approximate surface area is 129 Å². The van der Waals surface area contributed by atoms with Crippen molar-refractivity contribution >= 4 is 23.4 Å². The largest absolute Gasteiger partial charge is 0.452 e. The molecular formula is C15H21ClN2O3. The molecule has 1 fully saturated rings. The average molecular weight is 313 g/mol. The molecule has 0 radical (unpaired) electrons. The number of likely N-dealkylation sites (N-methyl/N-ethyl adjacent to an activating group) is 2. The highest BCUT2D eigenvalue weighted by Crippen LogP contribution is 2.22. The zero-order valence-corrected chi connectivity index (χ0v) is 13.2. The Morgan fingerprint density at radius 2 is 1.95 bits per heavy atom. The predicted octanol–water partition coefficient (Wildman–Crippen LogP) is 2.80. The number of nitrogens with zero attached hydrogens (tertiary/aromatic N) is 2. The molecule has 0 unspecified atom stereocenters. The number of hydrogen-bond acceptors (Lipinski definition) is 3. The van der Waals surface area contributed by atoms with E-state index in [0.717, 1.165) is 12.8 Å². The molecule has 0 spiro atoms. The Morgan fingerprint density at radius 3 is 2.52 bits per heavy atom. The summed E-state index contributed by atoms with van der Waals surface area (Å²) in [5.41, 5.74) is 0.285. The fraction of sp³-hybridized carbons (Fsp3) is 0.600. The first-order valence-electron chi connectivity index (χ1n) is 7.25. The van der Waals surface area contributed by atoms with E-state index in [9.17, 15) is 9.59 Å². The summed E-state index contributed by atoms with van der Waals surface area (Å²) in [6.45, 7) is 0.0490. The molecule has 21 heavy (non-hydrogen) atoms. The first-order valence-corrected chi connectivity index (χ1v) is 7.62. The van der Waals surface area contributed by atoms with Crippen LogP contribution in [0, 0.1) is 0 Å². The second-order valence-corrected chi connectivity index (χ2v) is 5.91. The quantitative estimate of drug-likeness (QED) is 0.859. The summed E-state index contributed by atoms with van der Waals surface area (Å²) >= 11 is 5.79. The van der Waals surface area contributed by atoms with Crippen LogP contribution >= 0.6 is 11.6 Å². The van der Waals surface area contributed by atoms with Crippen LogP contribution in [0.1, 0.15) is 42.5 Å². The number of rotatable bonds is 4. The Morgan fingerprint density at radius 1 is 1.29 bits per heavy atom. The van der Waals surface area contributed by atoms with Crippen molar-refractivity contribution in [1.29, 1.82) is 0 Å². The second-order valence-electron chi connectivity index (χ2n) is 5.57. The van der Waals surface area contributed by atoms with Gasteiger partial charge < -0.3 is 14.2 Å². The lowest BCUT2D eigenvalue weighted by atomic mass is 9.94. The minimum absolute atomic E-state index is 0.0441. The monoisotopic (exact) mass is 312 g/mol. The molecule has 5 nitrogen and oxygen atoms in total. The summed E-state index contributed by atoms with van der Waals surface area (Å²) in [5.74, 6) is -0.350. The van der Waals surface area contributed by atoms with Crippen molar-refractivity contribution in [2.45, 2.75) is 38.1 Å². The minimum atomic E-state index is -0.306. The standard InChI is InChI=1S/C15H21ClN2O3/c1-17(15(20)12-8-9-21-14(12)16)10-13(19)18(2)11-6-4-3-5-7-11/h8-9,11H,3-7,10H2,1-2H3. The predicted molar refractivity (Wildman–Crippen MR) is 80.3 cm³/mol. The third kappa shape index (κ3) is 3.79. The first kappa shape index (κ1) is 15.9. The topological polar surface area (TPSA) is 53.8 Å². The highest BCUT2D eigenvalue weighted by molar-refractivity contribution is 6.32. The Hall–Kier alpha value is -1.49. The highest BCUT2D eigenvalue weighted by atomic mass is 35.5. The van der Waals surface area contributed by atoms with E-state index in [1.54, 1.807) is 11.9 Å². The molecule has 1 aromatic heterocycles. The van der Waals surface area contributed by atoms with Crippen LogP contribution in [-0.4, -0.2) is 48.3 Å². The van der Waals surface area contributed by atoms with Gasteiger partial charge in [0.05, 0.1) is 18.4 Å². The van der Waals surface area contributed by atoms with Crippen molar-refractivity contribution in [3.05, 3.63) is 23.1 Å². The van der Waals surface area contributed by atoms with E-state index in [0.29, 0.717) is 6.04 Å². The van der Waals surface area contributed by atoms with Crippen LogP contribution in [-0.2, 0) is 4.79 Å². The summed E-state index contributed by atoms with van der Waals surface area (Å²) < 4.78 is 4.91. The van der Waals surface area contributed by atoms with Crippen LogP contribution in [0.5, 0.6) is 0 Å². The van der Waals surface area contributed by atoms with Gasteiger partial charge in [-0.3, -0.25) is 9.59 Å². The molecule has 0 aromatic carbocycles. The smallest absolute Gasteiger partial charge is 0.258 e. The second kappa shape index (κ2) is 6.98. The molecule has 2 amide bonds. The van der Waals surface area contributed by atoms with E-state index in [4.69, 9.17) is 16.0 Å². The van der Waals surface area contributed by atoms with Crippen molar-refractivity contribution in [1.82, 2.24) is 9.80 Å². The highest BCUT2D eigenvalue weighted by Gasteiger charge is 2.25. The van der Waals surface area contributed by atoms with E-state index in [2.05, 4.69) is 0 Å². The molecule has 1 saturated carbocycles. The minimum Gasteiger partial charge on any atom is -0.452 e. The van der Waals surface area contributed by atoms with Crippen LogP contribution < -0.4 is 0 Å². The van der Waals surface area contributed by atoms with Gasteiger partial charge in [-0.2, -0.15) is 0 Å². The third-order valence-electron chi connectivity index (χ3n) is 4.08. The van der Waals surface area contributed by atoms with Crippen molar-refractivity contribution in [2.75, 3.05) is 20.6 Å². The average Bonchev–Trinajstić information content (AvgIpc) is 2.92. The van der Waals surface area contributed by atoms with Gasteiger partial charge >= 0.3 is 0 Å². The lowest BCUT2D eigenvalue weighted by molar-refractivity contribution is -0.133. The fourth-order valence-electron chi connectivity index (χ4n) is 2.71. The van der Waals surface area contributed by atoms with Crippen molar-refractivity contribution in [3.8, 4) is 0 Å². The van der Waals surface area contributed by atoms with Crippen LogP contribution in [0.4, 0.5) is 0 Å². The van der Waals surface area contributed by atoms with Gasteiger partial charge in [0, 0.05) is 20.1 Å². The van der Waals surface area contributed by atoms with Gasteiger partial charge in [-0.15, -0.1) is 0 Å². The van der Waals surface area contributed by atoms with E-state index >= 15 is 0 Å².